The second-order valence-electron chi connectivity index (χ2n) is 15.8. The van der Waals surface area contributed by atoms with Crippen molar-refractivity contribution >= 4 is 42.2 Å². The molecule has 0 radical (unpaired) electrons. The summed E-state index contributed by atoms with van der Waals surface area (Å²) >= 11 is 4.68. The lowest BCUT2D eigenvalue weighted by Crippen LogP contribution is -2.60. The van der Waals surface area contributed by atoms with Crippen LogP contribution in [0.2, 0.25) is 0 Å². The first-order valence-electron chi connectivity index (χ1n) is 20.6. The van der Waals surface area contributed by atoms with Gasteiger partial charge in [0.05, 0.1) is 6.61 Å². The molecule has 57 heavy (non-hydrogen) atoms. The molecular formula is C45H57N5O6S. The van der Waals surface area contributed by atoms with Crippen LogP contribution >= 0.6 is 12.6 Å². The van der Waals surface area contributed by atoms with Crippen LogP contribution in [0.3, 0.4) is 0 Å². The molecule has 1 saturated heterocycles. The van der Waals surface area contributed by atoms with E-state index in [1.165, 1.54) is 37.7 Å². The third kappa shape index (κ3) is 11.8. The predicted molar refractivity (Wildman–Crippen MR) is 223 cm³/mol. The molecule has 1 aliphatic carbocycles. The molecule has 6 rings (SSSR count). The molecule has 2 heterocycles. The van der Waals surface area contributed by atoms with E-state index in [9.17, 15) is 24.0 Å². The first-order chi connectivity index (χ1) is 27.6. The third-order valence-corrected chi connectivity index (χ3v) is 12.2. The molecule has 0 spiro atoms. The number of aryl methyl sites for hydroxylation is 2. The van der Waals surface area contributed by atoms with Gasteiger partial charge in [0.2, 0.25) is 23.6 Å². The van der Waals surface area contributed by atoms with Gasteiger partial charge >= 0.3 is 0 Å². The maximum Gasteiger partial charge on any atom is 0.251 e. The number of carbonyl (C=O) groups excluding carboxylic acids is 5. The molecule has 12 heteroatoms. The van der Waals surface area contributed by atoms with Gasteiger partial charge in [-0.2, -0.15) is 12.6 Å². The molecule has 3 aromatic rings. The lowest BCUT2D eigenvalue weighted by Gasteiger charge is -2.36. The van der Waals surface area contributed by atoms with Crippen LogP contribution in [0, 0.1) is 12.8 Å². The quantitative estimate of drug-likeness (QED) is 0.184. The van der Waals surface area contributed by atoms with Crippen LogP contribution in [0.25, 0.3) is 0 Å². The Hall–Kier alpha value is -4.84. The van der Waals surface area contributed by atoms with Gasteiger partial charge in [0, 0.05) is 38.2 Å². The van der Waals surface area contributed by atoms with Gasteiger partial charge in [-0.3, -0.25) is 24.0 Å². The topological polar surface area (TPSA) is 146 Å². The highest BCUT2D eigenvalue weighted by Gasteiger charge is 2.38. The van der Waals surface area contributed by atoms with E-state index in [0.717, 1.165) is 36.0 Å². The number of piperidine rings is 1. The Bertz CT molecular complexity index is 1850. The smallest absolute Gasteiger partial charge is 0.251 e. The van der Waals surface area contributed by atoms with Crippen molar-refractivity contribution in [3.63, 3.8) is 0 Å². The number of amides is 5. The summed E-state index contributed by atoms with van der Waals surface area (Å²) in [4.78, 5) is 70.3. The molecule has 2 fully saturated rings. The average Bonchev–Trinajstić information content (AvgIpc) is 3.24. The molecule has 2 unspecified atom stereocenters. The fourth-order valence-corrected chi connectivity index (χ4v) is 8.53. The molecule has 4 N–H and O–H groups in total. The van der Waals surface area contributed by atoms with E-state index in [-0.39, 0.29) is 43.7 Å². The Morgan fingerprint density at radius 2 is 1.67 bits per heavy atom. The van der Waals surface area contributed by atoms with Crippen molar-refractivity contribution in [3.05, 3.63) is 101 Å². The van der Waals surface area contributed by atoms with Gasteiger partial charge < -0.3 is 30.9 Å². The van der Waals surface area contributed by atoms with E-state index >= 15 is 0 Å². The van der Waals surface area contributed by atoms with Crippen LogP contribution in [0.15, 0.2) is 72.8 Å². The molecule has 4 bridgehead atoms. The van der Waals surface area contributed by atoms with Crippen LogP contribution in [0.1, 0.15) is 103 Å². The van der Waals surface area contributed by atoms with E-state index in [4.69, 9.17) is 4.74 Å². The number of hydrogen-bond acceptors (Lipinski definition) is 7. The van der Waals surface area contributed by atoms with E-state index in [1.54, 1.807) is 4.90 Å². The van der Waals surface area contributed by atoms with Gasteiger partial charge in [-0.25, -0.2) is 0 Å². The van der Waals surface area contributed by atoms with Crippen LogP contribution < -0.4 is 26.0 Å². The zero-order chi connectivity index (χ0) is 40.1. The minimum Gasteiger partial charge on any atom is -0.494 e. The molecule has 304 valence electrons. The summed E-state index contributed by atoms with van der Waals surface area (Å²) in [6.07, 6.45) is 9.18. The fourth-order valence-electron chi connectivity index (χ4n) is 8.16. The zero-order valence-corrected chi connectivity index (χ0v) is 33.9. The molecule has 5 amide bonds. The SMILES string of the molecule is Cc1ccc2cc1CNC(=O)[C@H](CCc1ccccc1)NC(=O)[C@@H](NC(=O)CCNC(=O)c1ccc(C3CCCCC3)cc1)C(S)C(=O)N1CCCC(CCO2)C1. The number of fused-ring (bicyclic) bond motifs is 4. The van der Waals surface area contributed by atoms with Gasteiger partial charge in [-0.15, -0.1) is 0 Å². The highest BCUT2D eigenvalue weighted by Crippen LogP contribution is 2.32. The van der Waals surface area contributed by atoms with Gasteiger partial charge in [-0.1, -0.05) is 67.8 Å². The highest BCUT2D eigenvalue weighted by molar-refractivity contribution is 7.82. The monoisotopic (exact) mass is 795 g/mol. The number of ether oxygens (including phenoxy) is 1. The minimum atomic E-state index is -1.38. The number of hydrogen-bond donors (Lipinski definition) is 5. The number of carbonyl (C=O) groups is 5. The van der Waals surface area contributed by atoms with Crippen LogP contribution in [-0.2, 0) is 32.1 Å². The van der Waals surface area contributed by atoms with Gasteiger partial charge in [0.15, 0.2) is 0 Å². The van der Waals surface area contributed by atoms with E-state index in [2.05, 4.69) is 33.9 Å². The third-order valence-electron chi connectivity index (χ3n) is 11.7. The van der Waals surface area contributed by atoms with Crippen molar-refractivity contribution in [3.8, 4) is 5.75 Å². The molecule has 1 saturated carbocycles. The number of benzene rings is 3. The summed E-state index contributed by atoms with van der Waals surface area (Å²) in [5, 5.41) is 10.2. The first-order valence-corrected chi connectivity index (χ1v) is 21.1. The van der Waals surface area contributed by atoms with Gasteiger partial charge in [0.1, 0.15) is 23.1 Å². The molecule has 3 aromatic carbocycles. The number of thiol groups is 1. The molecule has 3 aliphatic rings. The van der Waals surface area contributed by atoms with Crippen LogP contribution in [0.4, 0.5) is 0 Å². The molecule has 2 aliphatic heterocycles. The highest BCUT2D eigenvalue weighted by atomic mass is 32.1. The van der Waals surface area contributed by atoms with Gasteiger partial charge in [-0.05, 0) is 110 Å². The summed E-state index contributed by atoms with van der Waals surface area (Å²) in [7, 11) is 0. The Morgan fingerprint density at radius 3 is 2.44 bits per heavy atom. The van der Waals surface area contributed by atoms with E-state index in [1.807, 2.05) is 79.7 Å². The first kappa shape index (κ1) is 41.8. The van der Waals surface area contributed by atoms with Crippen molar-refractivity contribution < 1.29 is 28.7 Å². The molecular weight excluding hydrogens is 739 g/mol. The number of nitrogens with zero attached hydrogens (tertiary/aromatic N) is 1. The van der Waals surface area contributed by atoms with Crippen LogP contribution in [-0.4, -0.2) is 78.0 Å². The van der Waals surface area contributed by atoms with Gasteiger partial charge in [0.25, 0.3) is 5.91 Å². The van der Waals surface area contributed by atoms with Crippen molar-refractivity contribution in [2.45, 2.75) is 107 Å². The second kappa shape index (κ2) is 20.5. The number of rotatable bonds is 9. The normalized spacial score (nSPS) is 22.6. The summed E-state index contributed by atoms with van der Waals surface area (Å²) in [5.74, 6) is -0.851. The average molecular weight is 796 g/mol. The largest absolute Gasteiger partial charge is 0.494 e. The fraction of sp³-hybridized carbons (Fsp3) is 0.489. The van der Waals surface area contributed by atoms with Crippen molar-refractivity contribution in [2.75, 3.05) is 26.2 Å². The number of nitrogens with one attached hydrogen (secondary N) is 4. The molecule has 11 nitrogen and oxygen atoms in total. The van der Waals surface area contributed by atoms with Crippen LogP contribution in [0.5, 0.6) is 5.75 Å². The lowest BCUT2D eigenvalue weighted by molar-refractivity contribution is -0.137. The summed E-state index contributed by atoms with van der Waals surface area (Å²) < 4.78 is 6.13. The maximum absolute atomic E-state index is 14.2. The van der Waals surface area contributed by atoms with E-state index in [0.29, 0.717) is 43.3 Å². The Kier molecular flexibility index (Phi) is 15.1. The zero-order valence-electron chi connectivity index (χ0n) is 33.0. The Labute approximate surface area is 341 Å². The minimum absolute atomic E-state index is 0.0210. The second-order valence-corrected chi connectivity index (χ2v) is 16.3. The Morgan fingerprint density at radius 1 is 0.895 bits per heavy atom. The van der Waals surface area contributed by atoms with Crippen molar-refractivity contribution in [2.24, 2.45) is 5.92 Å². The van der Waals surface area contributed by atoms with Crippen molar-refractivity contribution in [1.29, 1.82) is 0 Å². The summed E-state index contributed by atoms with van der Waals surface area (Å²) in [6.45, 7) is 3.68. The van der Waals surface area contributed by atoms with E-state index < -0.39 is 35.1 Å². The predicted octanol–water partition coefficient (Wildman–Crippen LogP) is 5.40. The van der Waals surface area contributed by atoms with Crippen molar-refractivity contribution in [1.82, 2.24) is 26.2 Å². The summed E-state index contributed by atoms with van der Waals surface area (Å²) in [6, 6.07) is 20.8. The standard InChI is InChI=1S/C45H57N5O6S/c1-30-14-20-37-27-36(30)28-47-43(53)38(21-15-31-9-4-2-5-10-31)48-44(54)40(41(57)45(55)50-25-8-11-32(29-50)23-26-56-37)49-39(51)22-24-46-42(52)35-18-16-34(17-19-35)33-12-6-3-7-13-33/h2,4-5,9-10,14,16-20,27,32-33,38,40-41,57H,3,6-8,11-13,15,21-26,28-29H2,1H3,(H,46,52)(H,47,53)(H,48,54)(H,49,51)/t32?,38-,40-,41?/m0/s1. The summed E-state index contributed by atoms with van der Waals surface area (Å²) in [5.41, 5.74) is 4.64. The molecule has 0 aromatic heterocycles. The maximum atomic E-state index is 14.2. The lowest BCUT2D eigenvalue weighted by atomic mass is 9.84. The Balaban J connectivity index is 1.16. The molecule has 4 atom stereocenters.